The SMILES string of the molecule is O=C(O)c1nn(Cc2ccccc2Cl)c2c1CCC2. The summed E-state index contributed by atoms with van der Waals surface area (Å²) < 4.78 is 1.78. The van der Waals surface area contributed by atoms with Gasteiger partial charge in [0.1, 0.15) is 0 Å². The molecule has 0 amide bonds. The highest BCUT2D eigenvalue weighted by Gasteiger charge is 2.26. The summed E-state index contributed by atoms with van der Waals surface area (Å²) in [4.78, 5) is 11.2. The maximum atomic E-state index is 11.2. The zero-order chi connectivity index (χ0) is 13.4. The van der Waals surface area contributed by atoms with Crippen LogP contribution in [-0.2, 0) is 19.4 Å². The second-order valence-electron chi connectivity index (χ2n) is 4.68. The van der Waals surface area contributed by atoms with E-state index in [-0.39, 0.29) is 5.69 Å². The molecule has 4 nitrogen and oxygen atoms in total. The lowest BCUT2D eigenvalue weighted by atomic mass is 10.2. The van der Waals surface area contributed by atoms with Crippen LogP contribution in [0, 0.1) is 0 Å². The normalized spacial score (nSPS) is 13.5. The molecule has 5 heteroatoms. The molecular formula is C14H13ClN2O2. The minimum Gasteiger partial charge on any atom is -0.476 e. The van der Waals surface area contributed by atoms with Crippen molar-refractivity contribution in [1.29, 1.82) is 0 Å². The fourth-order valence-corrected chi connectivity index (χ4v) is 2.80. The number of aromatic carboxylic acids is 1. The first-order valence-electron chi connectivity index (χ1n) is 6.22. The van der Waals surface area contributed by atoms with Crippen molar-refractivity contribution in [3.8, 4) is 0 Å². The number of carbonyl (C=O) groups is 1. The summed E-state index contributed by atoms with van der Waals surface area (Å²) in [5.41, 5.74) is 3.08. The molecular weight excluding hydrogens is 264 g/mol. The molecule has 0 atom stereocenters. The smallest absolute Gasteiger partial charge is 0.356 e. The first kappa shape index (κ1) is 12.2. The molecule has 0 saturated carbocycles. The summed E-state index contributed by atoms with van der Waals surface area (Å²) in [7, 11) is 0. The highest BCUT2D eigenvalue weighted by Crippen LogP contribution is 2.27. The van der Waals surface area contributed by atoms with Crippen LogP contribution in [0.15, 0.2) is 24.3 Å². The number of benzene rings is 1. The zero-order valence-corrected chi connectivity index (χ0v) is 11.0. The number of carboxylic acid groups (broad SMARTS) is 1. The molecule has 3 rings (SSSR count). The minimum atomic E-state index is -0.948. The van der Waals surface area contributed by atoms with Gasteiger partial charge in [-0.1, -0.05) is 29.8 Å². The van der Waals surface area contributed by atoms with Crippen molar-refractivity contribution in [1.82, 2.24) is 9.78 Å². The summed E-state index contributed by atoms with van der Waals surface area (Å²) >= 11 is 6.14. The Kier molecular flexibility index (Phi) is 3.03. The average molecular weight is 277 g/mol. The van der Waals surface area contributed by atoms with Crippen LogP contribution in [0.4, 0.5) is 0 Å². The molecule has 0 aliphatic heterocycles. The molecule has 0 radical (unpaired) electrons. The fourth-order valence-electron chi connectivity index (χ4n) is 2.60. The van der Waals surface area contributed by atoms with Crippen molar-refractivity contribution in [3.05, 3.63) is 51.8 Å². The van der Waals surface area contributed by atoms with Gasteiger partial charge in [-0.05, 0) is 30.9 Å². The predicted molar refractivity (Wildman–Crippen MR) is 71.8 cm³/mol. The van der Waals surface area contributed by atoms with Crippen molar-refractivity contribution in [3.63, 3.8) is 0 Å². The molecule has 0 fully saturated rings. The second kappa shape index (κ2) is 4.70. The van der Waals surface area contributed by atoms with Crippen LogP contribution in [0.2, 0.25) is 5.02 Å². The van der Waals surface area contributed by atoms with Crippen LogP contribution in [0.5, 0.6) is 0 Å². The highest BCUT2D eigenvalue weighted by molar-refractivity contribution is 6.31. The quantitative estimate of drug-likeness (QED) is 0.938. The molecule has 0 bridgehead atoms. The highest BCUT2D eigenvalue weighted by atomic mass is 35.5. The van der Waals surface area contributed by atoms with Gasteiger partial charge in [-0.2, -0.15) is 5.10 Å². The maximum absolute atomic E-state index is 11.2. The molecule has 0 unspecified atom stereocenters. The summed E-state index contributed by atoms with van der Waals surface area (Å²) in [6, 6.07) is 7.57. The molecule has 1 aromatic carbocycles. The first-order chi connectivity index (χ1) is 9.16. The zero-order valence-electron chi connectivity index (χ0n) is 10.3. The minimum absolute atomic E-state index is 0.194. The standard InChI is InChI=1S/C14H13ClN2O2/c15-11-6-2-1-4-9(11)8-17-12-7-3-5-10(12)13(16-17)14(18)19/h1-2,4,6H,3,5,7-8H2,(H,18,19). The third kappa shape index (κ3) is 2.12. The van der Waals surface area contributed by atoms with E-state index in [9.17, 15) is 9.90 Å². The lowest BCUT2D eigenvalue weighted by molar-refractivity contribution is 0.0688. The van der Waals surface area contributed by atoms with Gasteiger partial charge in [-0.15, -0.1) is 0 Å². The van der Waals surface area contributed by atoms with Gasteiger partial charge in [0.15, 0.2) is 5.69 Å². The van der Waals surface area contributed by atoms with E-state index in [4.69, 9.17) is 11.6 Å². The number of hydrogen-bond acceptors (Lipinski definition) is 2. The number of fused-ring (bicyclic) bond motifs is 1. The molecule has 1 aromatic heterocycles. The van der Waals surface area contributed by atoms with Crippen LogP contribution >= 0.6 is 11.6 Å². The Morgan fingerprint density at radius 3 is 2.89 bits per heavy atom. The molecule has 0 saturated heterocycles. The van der Waals surface area contributed by atoms with Gasteiger partial charge >= 0.3 is 5.97 Å². The summed E-state index contributed by atoms with van der Waals surface area (Å²) in [6.07, 6.45) is 2.69. The van der Waals surface area contributed by atoms with Gasteiger partial charge in [-0.25, -0.2) is 4.79 Å². The number of nitrogens with zero attached hydrogens (tertiary/aromatic N) is 2. The van der Waals surface area contributed by atoms with Crippen molar-refractivity contribution in [2.45, 2.75) is 25.8 Å². The van der Waals surface area contributed by atoms with Gasteiger partial charge in [0.05, 0.1) is 6.54 Å². The molecule has 98 valence electrons. The van der Waals surface area contributed by atoms with E-state index in [0.29, 0.717) is 11.6 Å². The Balaban J connectivity index is 2.01. The van der Waals surface area contributed by atoms with Crippen molar-refractivity contribution in [2.24, 2.45) is 0 Å². The Hall–Kier alpha value is -1.81. The molecule has 1 aliphatic rings. The Morgan fingerprint density at radius 1 is 1.37 bits per heavy atom. The average Bonchev–Trinajstić information content (AvgIpc) is 2.95. The van der Waals surface area contributed by atoms with E-state index in [2.05, 4.69) is 5.10 Å². The second-order valence-corrected chi connectivity index (χ2v) is 5.09. The van der Waals surface area contributed by atoms with Crippen molar-refractivity contribution < 1.29 is 9.90 Å². The van der Waals surface area contributed by atoms with E-state index in [1.54, 1.807) is 4.68 Å². The van der Waals surface area contributed by atoms with Crippen LogP contribution in [-0.4, -0.2) is 20.9 Å². The third-order valence-electron chi connectivity index (χ3n) is 3.49. The van der Waals surface area contributed by atoms with Crippen LogP contribution in [0.1, 0.15) is 33.7 Å². The monoisotopic (exact) mass is 276 g/mol. The Labute approximate surface area is 115 Å². The largest absolute Gasteiger partial charge is 0.476 e. The van der Waals surface area contributed by atoms with Gasteiger partial charge in [0, 0.05) is 16.3 Å². The fraction of sp³-hybridized carbons (Fsp3) is 0.286. The number of hydrogen-bond donors (Lipinski definition) is 1. The molecule has 1 aliphatic carbocycles. The predicted octanol–water partition coefficient (Wildman–Crippen LogP) is 2.77. The first-order valence-corrected chi connectivity index (χ1v) is 6.60. The summed E-state index contributed by atoms with van der Waals surface area (Å²) in [5.74, 6) is -0.948. The molecule has 2 aromatic rings. The van der Waals surface area contributed by atoms with Gasteiger partial charge < -0.3 is 5.11 Å². The molecule has 0 spiro atoms. The van der Waals surface area contributed by atoms with Gasteiger partial charge in [0.2, 0.25) is 0 Å². The van der Waals surface area contributed by atoms with Gasteiger partial charge in [-0.3, -0.25) is 4.68 Å². The Bertz CT molecular complexity index is 649. The van der Waals surface area contributed by atoms with Crippen molar-refractivity contribution >= 4 is 17.6 Å². The van der Waals surface area contributed by atoms with E-state index >= 15 is 0 Å². The topological polar surface area (TPSA) is 55.1 Å². The molecule has 1 N–H and O–H groups in total. The van der Waals surface area contributed by atoms with Crippen molar-refractivity contribution in [2.75, 3.05) is 0 Å². The van der Waals surface area contributed by atoms with Crippen LogP contribution in [0.3, 0.4) is 0 Å². The van der Waals surface area contributed by atoms with Gasteiger partial charge in [0.25, 0.3) is 0 Å². The van der Waals surface area contributed by atoms with E-state index in [0.717, 1.165) is 36.1 Å². The molecule has 1 heterocycles. The van der Waals surface area contributed by atoms with E-state index in [1.165, 1.54) is 0 Å². The third-order valence-corrected chi connectivity index (χ3v) is 3.86. The summed E-state index contributed by atoms with van der Waals surface area (Å²) in [5, 5.41) is 14.1. The van der Waals surface area contributed by atoms with Crippen LogP contribution in [0.25, 0.3) is 0 Å². The number of aromatic nitrogens is 2. The molecule has 19 heavy (non-hydrogen) atoms. The van der Waals surface area contributed by atoms with E-state index in [1.807, 2.05) is 24.3 Å². The lowest BCUT2D eigenvalue weighted by Gasteiger charge is -2.07. The summed E-state index contributed by atoms with van der Waals surface area (Å²) in [6.45, 7) is 0.523. The maximum Gasteiger partial charge on any atom is 0.356 e. The lowest BCUT2D eigenvalue weighted by Crippen LogP contribution is -2.07. The Morgan fingerprint density at radius 2 is 2.16 bits per heavy atom. The number of halogens is 1. The number of rotatable bonds is 3. The number of carboxylic acids is 1. The van der Waals surface area contributed by atoms with E-state index < -0.39 is 5.97 Å². The van der Waals surface area contributed by atoms with Crippen LogP contribution < -0.4 is 0 Å².